The van der Waals surface area contributed by atoms with Gasteiger partial charge in [0.2, 0.25) is 0 Å². The first-order chi connectivity index (χ1) is 15.5. The number of rotatable bonds is 3. The molecule has 0 bridgehead atoms. The molecule has 1 aromatic heterocycles. The summed E-state index contributed by atoms with van der Waals surface area (Å²) in [6.45, 7) is 0. The summed E-state index contributed by atoms with van der Waals surface area (Å²) in [5, 5.41) is 14.7. The summed E-state index contributed by atoms with van der Waals surface area (Å²) in [4.78, 5) is 27.5. The molecule has 0 radical (unpaired) electrons. The van der Waals surface area contributed by atoms with E-state index in [1.165, 1.54) is 11.3 Å². The van der Waals surface area contributed by atoms with E-state index in [-0.39, 0.29) is 17.0 Å². The molecule has 32 heavy (non-hydrogen) atoms. The molecule has 1 aliphatic heterocycles. The number of thiophene rings is 1. The number of hydrogen-bond donors (Lipinski definition) is 1. The van der Waals surface area contributed by atoms with Crippen LogP contribution in [0.3, 0.4) is 0 Å². The Morgan fingerprint density at radius 2 is 1.69 bits per heavy atom. The molecule has 4 aromatic rings. The van der Waals surface area contributed by atoms with Gasteiger partial charge in [-0.1, -0.05) is 42.5 Å². The van der Waals surface area contributed by atoms with Crippen molar-refractivity contribution in [3.8, 4) is 0 Å². The van der Waals surface area contributed by atoms with E-state index in [0.717, 1.165) is 33.9 Å². The van der Waals surface area contributed by atoms with Gasteiger partial charge in [0, 0.05) is 16.5 Å². The highest BCUT2D eigenvalue weighted by molar-refractivity contribution is 7.10. The maximum atomic E-state index is 14.6. The van der Waals surface area contributed by atoms with Crippen molar-refractivity contribution in [3.63, 3.8) is 0 Å². The summed E-state index contributed by atoms with van der Waals surface area (Å²) in [6, 6.07) is 17.7. The highest BCUT2D eigenvalue weighted by Crippen LogP contribution is 2.44. The number of hydrogen-bond acceptors (Lipinski definition) is 4. The van der Waals surface area contributed by atoms with E-state index in [1.54, 1.807) is 35.7 Å². The highest BCUT2D eigenvalue weighted by Gasteiger charge is 2.48. The predicted molar refractivity (Wildman–Crippen MR) is 119 cm³/mol. The van der Waals surface area contributed by atoms with Gasteiger partial charge < -0.3 is 5.11 Å². The van der Waals surface area contributed by atoms with Crippen molar-refractivity contribution in [2.45, 2.75) is 6.04 Å². The van der Waals surface area contributed by atoms with Crippen LogP contribution in [0, 0.1) is 11.6 Å². The second-order valence-electron chi connectivity index (χ2n) is 7.34. The van der Waals surface area contributed by atoms with Crippen LogP contribution >= 0.6 is 11.3 Å². The highest BCUT2D eigenvalue weighted by atomic mass is 32.1. The number of aliphatic hydroxyl groups is 1. The zero-order valence-corrected chi connectivity index (χ0v) is 17.3. The van der Waals surface area contributed by atoms with Crippen molar-refractivity contribution >= 4 is 45.2 Å². The molecule has 0 spiro atoms. The van der Waals surface area contributed by atoms with Gasteiger partial charge in [0.15, 0.2) is 0 Å². The van der Waals surface area contributed by atoms with Crippen LogP contribution in [-0.2, 0) is 9.59 Å². The number of benzene rings is 3. The van der Waals surface area contributed by atoms with Crippen molar-refractivity contribution in [1.82, 2.24) is 0 Å². The fourth-order valence-corrected chi connectivity index (χ4v) is 4.78. The van der Waals surface area contributed by atoms with E-state index in [0.29, 0.717) is 10.4 Å². The van der Waals surface area contributed by atoms with Crippen LogP contribution in [0.1, 0.15) is 16.5 Å². The van der Waals surface area contributed by atoms with Crippen LogP contribution in [0.4, 0.5) is 14.5 Å². The molecule has 158 valence electrons. The third-order valence-electron chi connectivity index (χ3n) is 5.45. The van der Waals surface area contributed by atoms with Gasteiger partial charge in [0.25, 0.3) is 11.7 Å². The Bertz CT molecular complexity index is 1410. The lowest BCUT2D eigenvalue weighted by Gasteiger charge is -2.24. The number of ketones is 1. The molecular weight excluding hydrogens is 432 g/mol. The topological polar surface area (TPSA) is 57.6 Å². The normalized spacial score (nSPS) is 17.9. The summed E-state index contributed by atoms with van der Waals surface area (Å²) in [5.41, 5.74) is -0.178. The lowest BCUT2D eigenvalue weighted by atomic mass is 9.98. The van der Waals surface area contributed by atoms with Gasteiger partial charge in [-0.2, -0.15) is 0 Å². The number of fused-ring (bicyclic) bond motifs is 1. The number of anilines is 1. The fourth-order valence-electron chi connectivity index (χ4n) is 3.96. The number of amides is 1. The quantitative estimate of drug-likeness (QED) is 0.245. The third kappa shape index (κ3) is 3.18. The second kappa shape index (κ2) is 7.69. The number of nitrogens with zero attached hydrogens (tertiary/aromatic N) is 1. The van der Waals surface area contributed by atoms with E-state index in [9.17, 15) is 23.5 Å². The van der Waals surface area contributed by atoms with Crippen LogP contribution in [0.15, 0.2) is 83.7 Å². The smallest absolute Gasteiger partial charge is 0.300 e. The zero-order valence-electron chi connectivity index (χ0n) is 16.5. The molecule has 5 rings (SSSR count). The minimum absolute atomic E-state index is 0.170. The molecule has 2 heterocycles. The van der Waals surface area contributed by atoms with Gasteiger partial charge in [0.05, 0.1) is 11.3 Å². The van der Waals surface area contributed by atoms with Gasteiger partial charge in [-0.3, -0.25) is 14.5 Å². The maximum absolute atomic E-state index is 14.6. The van der Waals surface area contributed by atoms with Crippen molar-refractivity contribution in [2.75, 3.05) is 4.90 Å². The molecule has 4 nitrogen and oxygen atoms in total. The molecule has 0 aliphatic carbocycles. The maximum Gasteiger partial charge on any atom is 0.300 e. The summed E-state index contributed by atoms with van der Waals surface area (Å²) >= 11 is 1.24. The first-order valence-electron chi connectivity index (χ1n) is 9.74. The second-order valence-corrected chi connectivity index (χ2v) is 8.32. The summed E-state index contributed by atoms with van der Waals surface area (Å²) < 4.78 is 28.5. The Balaban J connectivity index is 1.73. The Morgan fingerprint density at radius 1 is 0.906 bits per heavy atom. The molecule has 0 saturated carbocycles. The van der Waals surface area contributed by atoms with Crippen molar-refractivity contribution in [3.05, 3.63) is 106 Å². The number of Topliss-reactive ketones (excluding diaryl/α,β-unsaturated/α-hetero) is 1. The SMILES string of the molecule is O=C1C(=O)N(c2cc(F)ccc2F)C(c2cccs2)/C1=C(/O)c1ccc2ccccc2c1. The molecule has 1 amide bonds. The van der Waals surface area contributed by atoms with Crippen LogP contribution in [0.5, 0.6) is 0 Å². The van der Waals surface area contributed by atoms with Gasteiger partial charge in [-0.15, -0.1) is 11.3 Å². The average Bonchev–Trinajstić information content (AvgIpc) is 3.42. The van der Waals surface area contributed by atoms with Crippen molar-refractivity contribution < 1.29 is 23.5 Å². The Morgan fingerprint density at radius 3 is 2.44 bits per heavy atom. The standard InChI is InChI=1S/C25H15F2NO3S/c26-17-9-10-18(27)19(13-17)28-22(20-6-3-11-32-20)21(24(30)25(28)31)23(29)16-8-7-14-4-1-2-5-15(14)12-16/h1-13,22,29H/b23-21-. The van der Waals surface area contributed by atoms with E-state index in [2.05, 4.69) is 0 Å². The summed E-state index contributed by atoms with van der Waals surface area (Å²) in [5.74, 6) is -3.96. The fraction of sp³-hybridized carbons (Fsp3) is 0.0400. The minimum Gasteiger partial charge on any atom is -0.507 e. The first-order valence-corrected chi connectivity index (χ1v) is 10.6. The van der Waals surface area contributed by atoms with E-state index >= 15 is 0 Å². The van der Waals surface area contributed by atoms with Crippen molar-refractivity contribution in [1.29, 1.82) is 0 Å². The largest absolute Gasteiger partial charge is 0.507 e. The average molecular weight is 447 g/mol. The van der Waals surface area contributed by atoms with E-state index < -0.39 is 29.4 Å². The first kappa shape index (κ1) is 20.1. The predicted octanol–water partition coefficient (Wildman–Crippen LogP) is 5.81. The van der Waals surface area contributed by atoms with Crippen LogP contribution in [-0.4, -0.2) is 16.8 Å². The number of carbonyl (C=O) groups is 2. The van der Waals surface area contributed by atoms with Crippen LogP contribution in [0.2, 0.25) is 0 Å². The van der Waals surface area contributed by atoms with Gasteiger partial charge in [-0.25, -0.2) is 8.78 Å². The summed E-state index contributed by atoms with van der Waals surface area (Å²) in [7, 11) is 0. The number of carbonyl (C=O) groups excluding carboxylic acids is 2. The molecule has 1 atom stereocenters. The summed E-state index contributed by atoms with van der Waals surface area (Å²) in [6.07, 6.45) is 0. The minimum atomic E-state index is -1.09. The number of halogens is 2. The molecule has 1 saturated heterocycles. The van der Waals surface area contributed by atoms with Crippen LogP contribution < -0.4 is 4.90 Å². The Kier molecular flexibility index (Phi) is 4.83. The Labute approximate surface area is 185 Å². The van der Waals surface area contributed by atoms with Crippen LogP contribution in [0.25, 0.3) is 16.5 Å². The zero-order chi connectivity index (χ0) is 22.4. The molecule has 1 fully saturated rings. The van der Waals surface area contributed by atoms with Gasteiger partial charge in [0.1, 0.15) is 23.4 Å². The monoisotopic (exact) mass is 447 g/mol. The molecule has 1 N–H and O–H groups in total. The lowest BCUT2D eigenvalue weighted by Crippen LogP contribution is -2.30. The molecule has 7 heteroatoms. The molecule has 1 unspecified atom stereocenters. The third-order valence-corrected chi connectivity index (χ3v) is 6.37. The molecular formula is C25H15F2NO3S. The molecule has 3 aromatic carbocycles. The van der Waals surface area contributed by atoms with E-state index in [4.69, 9.17) is 0 Å². The van der Waals surface area contributed by atoms with Gasteiger partial charge >= 0.3 is 0 Å². The van der Waals surface area contributed by atoms with Crippen molar-refractivity contribution in [2.24, 2.45) is 0 Å². The van der Waals surface area contributed by atoms with E-state index in [1.807, 2.05) is 24.3 Å². The number of aliphatic hydroxyl groups excluding tert-OH is 1. The Hall–Kier alpha value is -3.84. The van der Waals surface area contributed by atoms with Gasteiger partial charge in [-0.05, 0) is 40.4 Å². The molecule has 1 aliphatic rings. The lowest BCUT2D eigenvalue weighted by molar-refractivity contribution is -0.132.